The van der Waals surface area contributed by atoms with Crippen molar-refractivity contribution in [1.82, 2.24) is 25.0 Å². The first-order valence-electron chi connectivity index (χ1n) is 8.68. The van der Waals surface area contributed by atoms with E-state index in [4.69, 9.17) is 4.74 Å². The van der Waals surface area contributed by atoms with Crippen LogP contribution in [0.5, 0.6) is 0 Å². The van der Waals surface area contributed by atoms with Crippen LogP contribution in [0.1, 0.15) is 30.2 Å². The van der Waals surface area contributed by atoms with Crippen LogP contribution in [-0.4, -0.2) is 64.2 Å². The van der Waals surface area contributed by atoms with E-state index >= 15 is 0 Å². The third-order valence-electron chi connectivity index (χ3n) is 4.29. The molecule has 1 aromatic carbocycles. The second-order valence-electron chi connectivity index (χ2n) is 6.35. The number of hydrogen-bond donors (Lipinski definition) is 1. The minimum Gasteiger partial charge on any atom is -0.366 e. The van der Waals surface area contributed by atoms with Gasteiger partial charge in [-0.05, 0) is 12.6 Å². The summed E-state index contributed by atoms with van der Waals surface area (Å²) in [6.07, 6.45) is 0.542. The summed E-state index contributed by atoms with van der Waals surface area (Å²) in [6, 6.07) is 10.2. The van der Waals surface area contributed by atoms with Gasteiger partial charge >= 0.3 is 0 Å². The third kappa shape index (κ3) is 4.64. The number of rotatable bonds is 6. The largest absolute Gasteiger partial charge is 0.366 e. The van der Waals surface area contributed by atoms with Crippen LogP contribution in [0, 0.1) is 0 Å². The summed E-state index contributed by atoms with van der Waals surface area (Å²) in [7, 11) is 1.96. The molecule has 0 bridgehead atoms. The molecule has 1 fully saturated rings. The summed E-state index contributed by atoms with van der Waals surface area (Å²) in [5, 5.41) is 7.12. The van der Waals surface area contributed by atoms with Gasteiger partial charge in [-0.3, -0.25) is 14.8 Å². The molecule has 1 amide bonds. The first-order valence-corrected chi connectivity index (χ1v) is 8.68. The highest BCUT2D eigenvalue weighted by molar-refractivity contribution is 5.78. The second-order valence-corrected chi connectivity index (χ2v) is 6.35. The fraction of sp³-hybridized carbons (Fsp3) is 0.500. The van der Waals surface area contributed by atoms with E-state index in [1.165, 1.54) is 5.56 Å². The number of morpholine rings is 1. The van der Waals surface area contributed by atoms with Gasteiger partial charge in [0.15, 0.2) is 5.82 Å². The number of carbonyl (C=O) groups is 1. The minimum atomic E-state index is -0.256. The number of aryl methyl sites for hydroxylation is 1. The highest BCUT2D eigenvalue weighted by Gasteiger charge is 2.28. The van der Waals surface area contributed by atoms with Gasteiger partial charge in [0.25, 0.3) is 0 Å². The Morgan fingerprint density at radius 1 is 1.40 bits per heavy atom. The molecule has 7 nitrogen and oxygen atoms in total. The van der Waals surface area contributed by atoms with E-state index in [1.807, 2.05) is 42.0 Å². The van der Waals surface area contributed by atoms with Gasteiger partial charge in [-0.15, -0.1) is 0 Å². The molecule has 2 aromatic rings. The predicted octanol–water partition coefficient (Wildman–Crippen LogP) is 1.40. The van der Waals surface area contributed by atoms with E-state index in [-0.39, 0.29) is 12.0 Å². The highest BCUT2D eigenvalue weighted by Crippen LogP contribution is 2.19. The Balaban J connectivity index is 1.54. The molecule has 0 aliphatic carbocycles. The number of nitrogens with zero attached hydrogens (tertiary/aromatic N) is 4. The van der Waals surface area contributed by atoms with Crippen LogP contribution < -0.4 is 0 Å². The Bertz CT molecular complexity index is 688. The van der Waals surface area contributed by atoms with Crippen LogP contribution in [-0.2, 0) is 22.5 Å². The van der Waals surface area contributed by atoms with Crippen molar-refractivity contribution in [1.29, 1.82) is 0 Å². The first kappa shape index (κ1) is 17.6. The van der Waals surface area contributed by atoms with E-state index in [0.29, 0.717) is 32.1 Å². The van der Waals surface area contributed by atoms with Gasteiger partial charge in [0.05, 0.1) is 19.7 Å². The van der Waals surface area contributed by atoms with Crippen LogP contribution in [0.15, 0.2) is 30.3 Å². The van der Waals surface area contributed by atoms with Crippen molar-refractivity contribution >= 4 is 5.91 Å². The van der Waals surface area contributed by atoms with Gasteiger partial charge in [0.1, 0.15) is 11.9 Å². The van der Waals surface area contributed by atoms with E-state index in [1.54, 1.807) is 0 Å². The molecule has 1 N–H and O–H groups in total. The van der Waals surface area contributed by atoms with Gasteiger partial charge in [-0.2, -0.15) is 5.10 Å². The number of nitrogens with one attached hydrogen (secondary N) is 1. The Labute approximate surface area is 148 Å². The van der Waals surface area contributed by atoms with Crippen molar-refractivity contribution in [2.24, 2.45) is 0 Å². The average molecular weight is 343 g/mol. The van der Waals surface area contributed by atoms with E-state index in [0.717, 1.165) is 18.8 Å². The smallest absolute Gasteiger partial charge is 0.236 e. The molecule has 134 valence electrons. The summed E-state index contributed by atoms with van der Waals surface area (Å²) < 4.78 is 5.75. The van der Waals surface area contributed by atoms with E-state index in [2.05, 4.69) is 27.3 Å². The average Bonchev–Trinajstić information content (AvgIpc) is 3.12. The number of carbonyl (C=O) groups excluding carboxylic acids is 1. The summed E-state index contributed by atoms with van der Waals surface area (Å²) in [5.74, 6) is 1.58. The fourth-order valence-electron chi connectivity index (χ4n) is 2.93. The number of benzene rings is 1. The first-order chi connectivity index (χ1) is 12.2. The maximum atomic E-state index is 12.6. The molecule has 2 heterocycles. The molecule has 1 aromatic heterocycles. The maximum Gasteiger partial charge on any atom is 0.236 e. The lowest BCUT2D eigenvalue weighted by Gasteiger charge is -2.32. The monoisotopic (exact) mass is 343 g/mol. The number of amides is 1. The van der Waals surface area contributed by atoms with Gasteiger partial charge in [-0.1, -0.05) is 37.3 Å². The SMILES string of the molecule is CCc1nc([C@@H]2CN(C(=O)CN(C)Cc3ccccc3)CCO2)n[nH]1. The van der Waals surface area contributed by atoms with Crippen molar-refractivity contribution in [3.8, 4) is 0 Å². The number of likely N-dealkylation sites (N-methyl/N-ethyl adjacent to an activating group) is 1. The number of ether oxygens (including phenoxy) is 1. The molecule has 1 aliphatic rings. The maximum absolute atomic E-state index is 12.6. The van der Waals surface area contributed by atoms with Gasteiger partial charge in [0, 0.05) is 19.5 Å². The van der Waals surface area contributed by atoms with Crippen molar-refractivity contribution in [2.45, 2.75) is 26.0 Å². The van der Waals surface area contributed by atoms with E-state index < -0.39 is 0 Å². The Hall–Kier alpha value is -2.25. The molecule has 1 aliphatic heterocycles. The normalized spacial score (nSPS) is 17.9. The van der Waals surface area contributed by atoms with Gasteiger partial charge in [0.2, 0.25) is 5.91 Å². The molecule has 1 atom stereocenters. The number of aromatic amines is 1. The number of H-pyrrole nitrogens is 1. The highest BCUT2D eigenvalue weighted by atomic mass is 16.5. The molecule has 0 spiro atoms. The second kappa shape index (κ2) is 8.22. The summed E-state index contributed by atoms with van der Waals surface area (Å²) in [5.41, 5.74) is 1.20. The van der Waals surface area contributed by atoms with Crippen molar-refractivity contribution in [2.75, 3.05) is 33.3 Å². The Morgan fingerprint density at radius 3 is 2.92 bits per heavy atom. The number of aromatic nitrogens is 3. The molecule has 3 rings (SSSR count). The van der Waals surface area contributed by atoms with E-state index in [9.17, 15) is 4.79 Å². The Morgan fingerprint density at radius 2 is 2.20 bits per heavy atom. The summed E-state index contributed by atoms with van der Waals surface area (Å²) in [4.78, 5) is 20.9. The molecule has 7 heteroatoms. The zero-order valence-electron chi connectivity index (χ0n) is 14.8. The molecule has 0 saturated carbocycles. The lowest BCUT2D eigenvalue weighted by atomic mass is 10.2. The fourth-order valence-corrected chi connectivity index (χ4v) is 2.93. The molecule has 25 heavy (non-hydrogen) atoms. The van der Waals surface area contributed by atoms with Crippen LogP contribution in [0.25, 0.3) is 0 Å². The zero-order chi connectivity index (χ0) is 17.6. The molecular weight excluding hydrogens is 318 g/mol. The topological polar surface area (TPSA) is 74.3 Å². The molecule has 0 unspecified atom stereocenters. The van der Waals surface area contributed by atoms with Gasteiger partial charge < -0.3 is 9.64 Å². The third-order valence-corrected chi connectivity index (χ3v) is 4.29. The zero-order valence-corrected chi connectivity index (χ0v) is 14.8. The van der Waals surface area contributed by atoms with Crippen LogP contribution in [0.3, 0.4) is 0 Å². The summed E-state index contributed by atoms with van der Waals surface area (Å²) in [6.45, 7) is 4.77. The van der Waals surface area contributed by atoms with Crippen molar-refractivity contribution in [3.63, 3.8) is 0 Å². The van der Waals surface area contributed by atoms with Gasteiger partial charge in [-0.25, -0.2) is 4.98 Å². The lowest BCUT2D eigenvalue weighted by Crippen LogP contribution is -2.46. The summed E-state index contributed by atoms with van der Waals surface area (Å²) >= 11 is 0. The molecule has 1 saturated heterocycles. The van der Waals surface area contributed by atoms with Crippen LogP contribution in [0.4, 0.5) is 0 Å². The quantitative estimate of drug-likeness (QED) is 0.858. The molecular formula is C18H25N5O2. The number of hydrogen-bond acceptors (Lipinski definition) is 5. The van der Waals surface area contributed by atoms with Crippen molar-refractivity contribution in [3.05, 3.63) is 47.5 Å². The predicted molar refractivity (Wildman–Crippen MR) is 93.8 cm³/mol. The minimum absolute atomic E-state index is 0.109. The Kier molecular flexibility index (Phi) is 5.78. The van der Waals surface area contributed by atoms with Crippen LogP contribution in [0.2, 0.25) is 0 Å². The molecule has 0 radical (unpaired) electrons. The standard InChI is InChI=1S/C18H25N5O2/c1-3-16-19-18(21-20-16)15-12-23(9-10-25-15)17(24)13-22(2)11-14-7-5-4-6-8-14/h4-8,15H,3,9-13H2,1-2H3,(H,19,20,21)/t15-/m0/s1. The lowest BCUT2D eigenvalue weighted by molar-refractivity contribution is -0.140. The van der Waals surface area contributed by atoms with Crippen molar-refractivity contribution < 1.29 is 9.53 Å². The van der Waals surface area contributed by atoms with Crippen LogP contribution >= 0.6 is 0 Å².